The van der Waals surface area contributed by atoms with E-state index < -0.39 is 24.9 Å². The molecule has 0 spiro atoms. The van der Waals surface area contributed by atoms with Crippen molar-refractivity contribution in [1.82, 2.24) is 0 Å². The van der Waals surface area contributed by atoms with Crippen LogP contribution in [0.2, 0.25) is 0 Å². The highest BCUT2D eigenvalue weighted by atomic mass is 16.4. The number of hydrogen-bond acceptors (Lipinski definition) is 5. The Kier molecular flexibility index (Phi) is 4.13. The molecule has 0 saturated carbocycles. The Balaban J connectivity index is 3.80. The highest BCUT2D eigenvalue weighted by Crippen LogP contribution is 1.96. The zero-order chi connectivity index (χ0) is 8.15. The van der Waals surface area contributed by atoms with Crippen LogP contribution in [0.5, 0.6) is 0 Å². The average Bonchev–Trinajstić information content (AvgIpc) is 2.00. The van der Waals surface area contributed by atoms with E-state index in [1.807, 2.05) is 0 Å². The SMILES string of the molecule is O=[13CH][C@H](O)[C@H](O)[C@H](O)[13CH2]O. The van der Waals surface area contributed by atoms with Crippen LogP contribution in [0.3, 0.4) is 0 Å². The van der Waals surface area contributed by atoms with Gasteiger partial charge < -0.3 is 25.2 Å². The maximum Gasteiger partial charge on any atom is 0.151 e. The summed E-state index contributed by atoms with van der Waals surface area (Å²) in [4.78, 5) is 9.76. The molecule has 0 fully saturated rings. The van der Waals surface area contributed by atoms with Crippen molar-refractivity contribution in [2.24, 2.45) is 0 Å². The zero-order valence-corrected chi connectivity index (χ0v) is 5.21. The second-order valence-electron chi connectivity index (χ2n) is 1.87. The third-order valence-electron chi connectivity index (χ3n) is 1.07. The topological polar surface area (TPSA) is 98.0 Å². The van der Waals surface area contributed by atoms with E-state index in [-0.39, 0.29) is 6.29 Å². The Morgan fingerprint density at radius 2 is 1.80 bits per heavy atom. The number of rotatable bonds is 4. The summed E-state index contributed by atoms with van der Waals surface area (Å²) in [6.45, 7) is -0.688. The van der Waals surface area contributed by atoms with E-state index >= 15 is 0 Å². The highest BCUT2D eigenvalue weighted by Gasteiger charge is 2.22. The molecule has 0 rings (SSSR count). The van der Waals surface area contributed by atoms with Gasteiger partial charge in [-0.2, -0.15) is 0 Å². The van der Waals surface area contributed by atoms with Gasteiger partial charge in [0, 0.05) is 0 Å². The van der Waals surface area contributed by atoms with Gasteiger partial charge in [0.05, 0.1) is 6.61 Å². The van der Waals surface area contributed by atoms with Crippen molar-refractivity contribution < 1.29 is 25.2 Å². The molecule has 0 amide bonds. The second-order valence-corrected chi connectivity index (χ2v) is 1.87. The maximum atomic E-state index is 9.76. The molecule has 0 aliphatic heterocycles. The van der Waals surface area contributed by atoms with Gasteiger partial charge in [0.15, 0.2) is 6.29 Å². The van der Waals surface area contributed by atoms with Crippen molar-refractivity contribution in [3.63, 3.8) is 0 Å². The molecule has 0 aromatic heterocycles. The van der Waals surface area contributed by atoms with Crippen LogP contribution < -0.4 is 0 Å². The minimum atomic E-state index is -1.64. The lowest BCUT2D eigenvalue weighted by Gasteiger charge is -2.16. The number of aldehydes is 1. The Bertz CT molecular complexity index is 104. The van der Waals surface area contributed by atoms with Crippen LogP contribution in [-0.4, -0.2) is 51.6 Å². The molecule has 5 heteroatoms. The van der Waals surface area contributed by atoms with Crippen LogP contribution in [-0.2, 0) is 4.79 Å². The first-order chi connectivity index (χ1) is 4.63. The first kappa shape index (κ1) is 9.51. The van der Waals surface area contributed by atoms with Crippen LogP contribution >= 0.6 is 0 Å². The van der Waals surface area contributed by atoms with Gasteiger partial charge in [-0.05, 0) is 0 Å². The predicted molar refractivity (Wildman–Crippen MR) is 31.2 cm³/mol. The fourth-order valence-corrected chi connectivity index (χ4v) is 0.416. The summed E-state index contributed by atoms with van der Waals surface area (Å²) in [5.74, 6) is 0. The Hall–Kier alpha value is -0.490. The summed E-state index contributed by atoms with van der Waals surface area (Å²) in [6, 6.07) is 0. The molecule has 0 aliphatic carbocycles. The molecule has 60 valence electrons. The quantitative estimate of drug-likeness (QED) is 0.259. The third kappa shape index (κ3) is 2.40. The lowest BCUT2D eigenvalue weighted by molar-refractivity contribution is -0.127. The summed E-state index contributed by atoms with van der Waals surface area (Å²) >= 11 is 0. The summed E-state index contributed by atoms with van der Waals surface area (Å²) in [5, 5.41) is 34.1. The molecule has 0 aromatic rings. The molecule has 10 heavy (non-hydrogen) atoms. The molecule has 0 aliphatic rings. The van der Waals surface area contributed by atoms with E-state index in [9.17, 15) is 4.79 Å². The van der Waals surface area contributed by atoms with Crippen molar-refractivity contribution in [3.8, 4) is 0 Å². The van der Waals surface area contributed by atoms with Gasteiger partial charge in [-0.1, -0.05) is 0 Å². The fraction of sp³-hybridized carbons (Fsp3) is 0.800. The lowest BCUT2D eigenvalue weighted by atomic mass is 10.2. The first-order valence-electron chi connectivity index (χ1n) is 2.73. The minimum absolute atomic E-state index is 0.0869. The molecular formula is C5H10O5. The molecule has 3 atom stereocenters. The van der Waals surface area contributed by atoms with Crippen LogP contribution in [0.25, 0.3) is 0 Å². The number of carbonyl (C=O) groups is 1. The highest BCUT2D eigenvalue weighted by molar-refractivity contribution is 5.56. The zero-order valence-electron chi connectivity index (χ0n) is 5.21. The monoisotopic (exact) mass is 152 g/mol. The van der Waals surface area contributed by atoms with Crippen LogP contribution in [0.4, 0.5) is 0 Å². The largest absolute Gasteiger partial charge is 0.394 e. The molecule has 0 unspecified atom stereocenters. The predicted octanol–water partition coefficient (Wildman–Crippen LogP) is -2.74. The molecule has 5 nitrogen and oxygen atoms in total. The van der Waals surface area contributed by atoms with Crippen molar-refractivity contribution >= 4 is 6.29 Å². The summed E-state index contributed by atoms with van der Waals surface area (Å²) < 4.78 is 0. The van der Waals surface area contributed by atoms with Crippen LogP contribution in [0.15, 0.2) is 0 Å². The van der Waals surface area contributed by atoms with Gasteiger partial charge in [-0.25, -0.2) is 0 Å². The van der Waals surface area contributed by atoms with E-state index in [1.165, 1.54) is 0 Å². The summed E-state index contributed by atoms with van der Waals surface area (Å²) in [5.41, 5.74) is 0. The van der Waals surface area contributed by atoms with E-state index in [1.54, 1.807) is 0 Å². The average molecular weight is 152 g/mol. The van der Waals surface area contributed by atoms with E-state index in [0.29, 0.717) is 0 Å². The second kappa shape index (κ2) is 4.35. The van der Waals surface area contributed by atoms with Gasteiger partial charge in [0.2, 0.25) is 0 Å². The number of aliphatic hydroxyl groups excluding tert-OH is 4. The third-order valence-corrected chi connectivity index (χ3v) is 1.07. The Morgan fingerprint density at radius 1 is 1.30 bits per heavy atom. The lowest BCUT2D eigenvalue weighted by Crippen LogP contribution is -2.40. The molecule has 4 N–H and O–H groups in total. The Labute approximate surface area is 57.5 Å². The summed E-state index contributed by atoms with van der Waals surface area (Å²) in [7, 11) is 0. The maximum absolute atomic E-state index is 9.76. The van der Waals surface area contributed by atoms with Crippen molar-refractivity contribution in [2.75, 3.05) is 6.61 Å². The van der Waals surface area contributed by atoms with Crippen molar-refractivity contribution in [2.45, 2.75) is 18.3 Å². The fourth-order valence-electron chi connectivity index (χ4n) is 0.416. The number of carbonyl (C=O) groups excluding carboxylic acids is 1. The van der Waals surface area contributed by atoms with Crippen LogP contribution in [0, 0.1) is 0 Å². The first-order valence-corrected chi connectivity index (χ1v) is 2.73. The number of aliphatic hydroxyl groups is 4. The molecule has 0 saturated heterocycles. The summed E-state index contributed by atoms with van der Waals surface area (Å²) in [6.07, 6.45) is -4.63. The van der Waals surface area contributed by atoms with E-state index in [2.05, 4.69) is 0 Å². The van der Waals surface area contributed by atoms with Gasteiger partial charge in [0.1, 0.15) is 18.3 Å². The molecule has 0 aromatic carbocycles. The van der Waals surface area contributed by atoms with Gasteiger partial charge in [0.25, 0.3) is 0 Å². The van der Waals surface area contributed by atoms with E-state index in [4.69, 9.17) is 20.4 Å². The van der Waals surface area contributed by atoms with Crippen molar-refractivity contribution in [1.29, 1.82) is 0 Å². The smallest absolute Gasteiger partial charge is 0.151 e. The molecule has 0 heterocycles. The minimum Gasteiger partial charge on any atom is -0.394 e. The number of hydrogen-bond donors (Lipinski definition) is 4. The molecule has 0 radical (unpaired) electrons. The molecule has 0 bridgehead atoms. The van der Waals surface area contributed by atoms with Crippen LogP contribution in [0.1, 0.15) is 0 Å². The van der Waals surface area contributed by atoms with Gasteiger partial charge in [-0.15, -0.1) is 0 Å². The normalized spacial score (nSPS) is 19.6. The van der Waals surface area contributed by atoms with E-state index in [0.717, 1.165) is 0 Å². The van der Waals surface area contributed by atoms with Gasteiger partial charge >= 0.3 is 0 Å². The molecular weight excluding hydrogens is 142 g/mol. The standard InChI is InChI=1S/C5H10O5/c6-1-3(8)5(10)4(9)2-7/h1,3-5,7-10H,2H2/t3-,4+,5-/m0/s1/i1+1,2+1. The van der Waals surface area contributed by atoms with Gasteiger partial charge in [-0.3, -0.25) is 0 Å². The Morgan fingerprint density at radius 3 is 2.10 bits per heavy atom. The van der Waals surface area contributed by atoms with Crippen molar-refractivity contribution in [3.05, 3.63) is 0 Å².